The van der Waals surface area contributed by atoms with Crippen LogP contribution in [0.25, 0.3) is 0 Å². The maximum atomic E-state index is 10.5. The Hall–Kier alpha value is -2.18. The summed E-state index contributed by atoms with van der Waals surface area (Å²) in [7, 11) is 0. The maximum Gasteiger partial charge on any atom is 0.293 e. The number of thiocarbonyl (C=S) groups is 1. The molecule has 26 heavy (non-hydrogen) atoms. The topological polar surface area (TPSA) is 52.6 Å². The highest BCUT2D eigenvalue weighted by Gasteiger charge is 2.02. The van der Waals surface area contributed by atoms with Gasteiger partial charge in [0.15, 0.2) is 5.05 Å². The minimum absolute atomic E-state index is 0.151. The summed E-state index contributed by atoms with van der Waals surface area (Å²) in [6, 6.07) is 18.7. The lowest BCUT2D eigenvalue weighted by molar-refractivity contribution is -0.128. The van der Waals surface area contributed by atoms with Gasteiger partial charge in [0, 0.05) is 11.1 Å². The van der Waals surface area contributed by atoms with Crippen LogP contribution in [0.4, 0.5) is 0 Å². The number of carbonyl (C=O) groups is 2. The van der Waals surface area contributed by atoms with E-state index in [1.54, 1.807) is 19.1 Å². The van der Waals surface area contributed by atoms with Crippen molar-refractivity contribution in [3.63, 3.8) is 0 Å². The van der Waals surface area contributed by atoms with Crippen molar-refractivity contribution < 1.29 is 19.1 Å². The Kier molecular flexibility index (Phi) is 13.8. The minimum atomic E-state index is -0.185. The number of hydrogen-bond donors (Lipinski definition) is 1. The molecule has 4 nitrogen and oxygen atoms in total. The SMILES string of the molecule is CC(C)OC(=S)c1ccccc1.CCOC=O.O=C(S)c1ccccc1. The fraction of sp³-hybridized carbons (Fsp3) is 0.250. The quantitative estimate of drug-likeness (QED) is 0.453. The van der Waals surface area contributed by atoms with Crippen molar-refractivity contribution in [2.45, 2.75) is 26.9 Å². The van der Waals surface area contributed by atoms with Gasteiger partial charge in [-0.05, 0) is 33.0 Å². The van der Waals surface area contributed by atoms with Crippen molar-refractivity contribution >= 4 is 41.5 Å². The maximum absolute atomic E-state index is 10.5. The van der Waals surface area contributed by atoms with Gasteiger partial charge in [-0.1, -0.05) is 60.7 Å². The molecule has 0 unspecified atom stereocenters. The van der Waals surface area contributed by atoms with E-state index in [0.717, 1.165) is 5.56 Å². The molecular weight excluding hydrogens is 368 g/mol. The van der Waals surface area contributed by atoms with Gasteiger partial charge in [0.1, 0.15) is 0 Å². The van der Waals surface area contributed by atoms with Crippen molar-refractivity contribution in [2.75, 3.05) is 6.61 Å². The molecule has 0 bridgehead atoms. The molecule has 0 amide bonds. The minimum Gasteiger partial charge on any atom is -0.480 e. The number of ether oxygens (including phenoxy) is 2. The predicted octanol–water partition coefficient (Wildman–Crippen LogP) is 4.72. The van der Waals surface area contributed by atoms with E-state index in [0.29, 0.717) is 23.7 Å². The lowest BCUT2D eigenvalue weighted by atomic mass is 10.2. The Bertz CT molecular complexity index is 643. The van der Waals surface area contributed by atoms with Crippen LogP contribution < -0.4 is 0 Å². The third-order valence-electron chi connectivity index (χ3n) is 2.61. The van der Waals surface area contributed by atoms with E-state index in [4.69, 9.17) is 17.0 Å². The van der Waals surface area contributed by atoms with Crippen molar-refractivity contribution in [1.82, 2.24) is 0 Å². The molecule has 2 rings (SSSR count). The highest BCUT2D eigenvalue weighted by Crippen LogP contribution is 2.04. The number of carbonyl (C=O) groups excluding carboxylic acids is 2. The summed E-state index contributed by atoms with van der Waals surface area (Å²) in [6.07, 6.45) is 0.151. The number of thiol groups is 1. The second-order valence-electron chi connectivity index (χ2n) is 5.04. The van der Waals surface area contributed by atoms with Crippen LogP contribution >= 0.6 is 24.8 Å². The van der Waals surface area contributed by atoms with Crippen molar-refractivity contribution in [3.8, 4) is 0 Å². The molecule has 0 saturated heterocycles. The summed E-state index contributed by atoms with van der Waals surface area (Å²) in [5.41, 5.74) is 1.61. The summed E-state index contributed by atoms with van der Waals surface area (Å²) < 4.78 is 9.52. The number of benzene rings is 2. The first-order valence-electron chi connectivity index (χ1n) is 8.01. The molecule has 0 saturated carbocycles. The molecule has 0 aromatic heterocycles. The number of rotatable bonds is 5. The summed E-state index contributed by atoms with van der Waals surface area (Å²) in [5, 5.41) is 0.390. The van der Waals surface area contributed by atoms with Crippen LogP contribution in [0.1, 0.15) is 36.7 Å². The highest BCUT2D eigenvalue weighted by atomic mass is 32.1. The normalized spacial score (nSPS) is 8.96. The lowest BCUT2D eigenvalue weighted by Crippen LogP contribution is -2.10. The van der Waals surface area contributed by atoms with Gasteiger partial charge in [0.05, 0.1) is 12.7 Å². The third kappa shape index (κ3) is 12.2. The standard InChI is InChI=1S/C10H12OS.C7H6OS.C3H6O2/c1-8(2)11-10(12)9-6-4-3-5-7-9;8-7(9)6-4-2-1-3-5-6;1-2-5-3-4/h3-8H,1-2H3;1-5H,(H,8,9);3H,2H2,1H3. The fourth-order valence-electron chi connectivity index (χ4n) is 1.51. The van der Waals surface area contributed by atoms with E-state index in [9.17, 15) is 9.59 Å². The fourth-order valence-corrected chi connectivity index (χ4v) is 1.98. The summed E-state index contributed by atoms with van der Waals surface area (Å²) in [4.78, 5) is 19.7. The van der Waals surface area contributed by atoms with Gasteiger partial charge in [0.25, 0.3) is 6.47 Å². The van der Waals surface area contributed by atoms with E-state index < -0.39 is 0 Å². The van der Waals surface area contributed by atoms with Crippen LogP contribution in [-0.4, -0.2) is 29.3 Å². The van der Waals surface area contributed by atoms with Crippen LogP contribution in [0.2, 0.25) is 0 Å². The molecule has 2 aromatic rings. The molecule has 2 aromatic carbocycles. The molecule has 0 atom stereocenters. The zero-order valence-corrected chi connectivity index (χ0v) is 16.8. The van der Waals surface area contributed by atoms with Crippen molar-refractivity contribution in [1.29, 1.82) is 0 Å². The van der Waals surface area contributed by atoms with Crippen LogP contribution in [0.3, 0.4) is 0 Å². The summed E-state index contributed by atoms with van der Waals surface area (Å²) in [6.45, 7) is 6.60. The second kappa shape index (κ2) is 15.1. The van der Waals surface area contributed by atoms with Crippen molar-refractivity contribution in [3.05, 3.63) is 71.8 Å². The molecule has 0 N–H and O–H groups in total. The van der Waals surface area contributed by atoms with E-state index in [-0.39, 0.29) is 11.2 Å². The first kappa shape index (κ1) is 23.8. The Labute approximate surface area is 165 Å². The monoisotopic (exact) mass is 392 g/mol. The van der Waals surface area contributed by atoms with Gasteiger partial charge in [-0.15, -0.1) is 12.6 Å². The summed E-state index contributed by atoms with van der Waals surface area (Å²) >= 11 is 8.72. The van der Waals surface area contributed by atoms with Crippen LogP contribution in [-0.2, 0) is 14.3 Å². The average Bonchev–Trinajstić information content (AvgIpc) is 2.64. The van der Waals surface area contributed by atoms with E-state index in [1.807, 2.05) is 62.4 Å². The zero-order valence-electron chi connectivity index (χ0n) is 15.1. The van der Waals surface area contributed by atoms with Crippen LogP contribution in [0.15, 0.2) is 60.7 Å². The van der Waals surface area contributed by atoms with Gasteiger partial charge < -0.3 is 9.47 Å². The first-order valence-corrected chi connectivity index (χ1v) is 8.87. The second-order valence-corrected chi connectivity index (χ2v) is 5.82. The Morgan fingerprint density at radius 3 is 1.77 bits per heavy atom. The van der Waals surface area contributed by atoms with Gasteiger partial charge in [-0.3, -0.25) is 9.59 Å². The molecule has 0 fully saturated rings. The smallest absolute Gasteiger partial charge is 0.293 e. The van der Waals surface area contributed by atoms with Gasteiger partial charge in [0.2, 0.25) is 5.12 Å². The van der Waals surface area contributed by atoms with Gasteiger partial charge >= 0.3 is 0 Å². The Morgan fingerprint density at radius 1 is 1.04 bits per heavy atom. The molecule has 0 spiro atoms. The zero-order chi connectivity index (χ0) is 19.8. The largest absolute Gasteiger partial charge is 0.480 e. The van der Waals surface area contributed by atoms with E-state index >= 15 is 0 Å². The van der Waals surface area contributed by atoms with Gasteiger partial charge in [-0.25, -0.2) is 0 Å². The molecule has 140 valence electrons. The van der Waals surface area contributed by atoms with Gasteiger partial charge in [-0.2, -0.15) is 0 Å². The summed E-state index contributed by atoms with van der Waals surface area (Å²) in [5.74, 6) is 0. The molecule has 0 radical (unpaired) electrons. The molecular formula is C20H24O4S2. The van der Waals surface area contributed by atoms with Crippen LogP contribution in [0, 0.1) is 0 Å². The molecule has 0 heterocycles. The molecule has 0 aliphatic rings. The molecule has 6 heteroatoms. The van der Waals surface area contributed by atoms with E-state index in [1.165, 1.54) is 0 Å². The van der Waals surface area contributed by atoms with E-state index in [2.05, 4.69) is 17.4 Å². The highest BCUT2D eigenvalue weighted by molar-refractivity contribution is 7.97. The average molecular weight is 393 g/mol. The predicted molar refractivity (Wildman–Crippen MR) is 112 cm³/mol. The first-order chi connectivity index (χ1) is 12.4. The van der Waals surface area contributed by atoms with Crippen LogP contribution in [0.5, 0.6) is 0 Å². The third-order valence-corrected chi connectivity index (χ3v) is 3.20. The lowest BCUT2D eigenvalue weighted by Gasteiger charge is -2.09. The molecule has 0 aliphatic heterocycles. The van der Waals surface area contributed by atoms with Crippen molar-refractivity contribution in [2.24, 2.45) is 0 Å². The molecule has 0 aliphatic carbocycles. The number of hydrogen-bond acceptors (Lipinski definition) is 5. The Balaban J connectivity index is 0.000000394. The Morgan fingerprint density at radius 2 is 1.50 bits per heavy atom.